The summed E-state index contributed by atoms with van der Waals surface area (Å²) in [6.45, 7) is 5.15. The van der Waals surface area contributed by atoms with Crippen LogP contribution in [-0.4, -0.2) is 18.8 Å². The lowest BCUT2D eigenvalue weighted by Crippen LogP contribution is -2.31. The Balaban J connectivity index is 2.15. The predicted octanol–water partition coefficient (Wildman–Crippen LogP) is 0.149. The van der Waals surface area contributed by atoms with Gasteiger partial charge in [0.15, 0.2) is 0 Å². The van der Waals surface area contributed by atoms with E-state index in [0.717, 1.165) is 6.54 Å². The molecule has 1 heterocycles. The van der Waals surface area contributed by atoms with Crippen molar-refractivity contribution in [2.45, 2.75) is 13.8 Å². The van der Waals surface area contributed by atoms with Crippen molar-refractivity contribution in [1.82, 2.24) is 10.6 Å². The molecule has 10 heavy (non-hydrogen) atoms. The predicted molar refractivity (Wildman–Crippen MR) is 40.9 cm³/mol. The van der Waals surface area contributed by atoms with Gasteiger partial charge in [0, 0.05) is 6.54 Å². The Morgan fingerprint density at radius 3 is 2.90 bits per heavy atom. The quantitative estimate of drug-likeness (QED) is 0.581. The van der Waals surface area contributed by atoms with Gasteiger partial charge in [-0.05, 0) is 5.92 Å². The molecule has 0 aliphatic carbocycles. The summed E-state index contributed by atoms with van der Waals surface area (Å²) in [7, 11) is 0. The number of nitrogens with one attached hydrogen (secondary N) is 1. The maximum absolute atomic E-state index is 3.85. The Morgan fingerprint density at radius 2 is 2.40 bits per heavy atom. The summed E-state index contributed by atoms with van der Waals surface area (Å²) < 4.78 is 0. The van der Waals surface area contributed by atoms with Gasteiger partial charge in [0.1, 0.15) is 6.34 Å². The Bertz CT molecular complexity index is 159. The van der Waals surface area contributed by atoms with Crippen LogP contribution in [0.4, 0.5) is 0 Å². The largest absolute Gasteiger partial charge is 0.353 e. The number of nitrogens with zero attached hydrogens (tertiary/aromatic N) is 3. The van der Waals surface area contributed by atoms with Crippen molar-refractivity contribution >= 4 is 12.3 Å². The van der Waals surface area contributed by atoms with Crippen molar-refractivity contribution in [2.75, 3.05) is 6.54 Å². The minimum absolute atomic E-state index is 0.610. The molecule has 0 aromatic carbocycles. The second-order valence-electron chi connectivity index (χ2n) is 2.56. The summed E-state index contributed by atoms with van der Waals surface area (Å²) >= 11 is 0. The van der Waals surface area contributed by atoms with Gasteiger partial charge in [-0.3, -0.25) is 0 Å². The van der Waals surface area contributed by atoms with E-state index in [1.165, 1.54) is 6.34 Å². The molecular weight excluding hydrogens is 128 g/mol. The van der Waals surface area contributed by atoms with Crippen LogP contribution in [0.2, 0.25) is 0 Å². The summed E-state index contributed by atoms with van der Waals surface area (Å²) in [5.41, 5.74) is 0. The summed E-state index contributed by atoms with van der Waals surface area (Å²) in [6, 6.07) is 0. The standard InChI is InChI=1S/C6H11N4/c1-5(2)3-7-6-8-4-9-10-6/h4-5H,3H2,1-2H3,(H,7,10). The van der Waals surface area contributed by atoms with E-state index in [9.17, 15) is 0 Å². The molecule has 1 radical (unpaired) electrons. The Kier molecular flexibility index (Phi) is 2.25. The van der Waals surface area contributed by atoms with Crippen LogP contribution >= 0.6 is 0 Å². The third kappa shape index (κ3) is 2.05. The number of rotatable bonds is 2. The highest BCUT2D eigenvalue weighted by Crippen LogP contribution is 1.88. The van der Waals surface area contributed by atoms with E-state index < -0.39 is 0 Å². The fourth-order valence-corrected chi connectivity index (χ4v) is 0.563. The molecule has 0 amide bonds. The second kappa shape index (κ2) is 3.20. The van der Waals surface area contributed by atoms with Crippen LogP contribution in [0.5, 0.6) is 0 Å². The van der Waals surface area contributed by atoms with E-state index in [4.69, 9.17) is 0 Å². The fourth-order valence-electron chi connectivity index (χ4n) is 0.563. The fraction of sp³-hybridized carbons (Fsp3) is 0.667. The molecule has 0 saturated carbocycles. The summed E-state index contributed by atoms with van der Waals surface area (Å²) in [5.74, 6) is 1.23. The SMILES string of the molecule is CC(C)CNC1=NN=C[N]1. The molecule has 0 bridgehead atoms. The van der Waals surface area contributed by atoms with E-state index in [1.807, 2.05) is 0 Å². The second-order valence-corrected chi connectivity index (χ2v) is 2.56. The summed E-state index contributed by atoms with van der Waals surface area (Å²) in [4.78, 5) is 0. The van der Waals surface area contributed by atoms with Crippen molar-refractivity contribution in [3.05, 3.63) is 0 Å². The lowest BCUT2D eigenvalue weighted by atomic mass is 10.2. The van der Waals surface area contributed by atoms with Crippen LogP contribution in [0.1, 0.15) is 13.8 Å². The highest BCUT2D eigenvalue weighted by Gasteiger charge is 2.02. The first-order chi connectivity index (χ1) is 4.79. The van der Waals surface area contributed by atoms with E-state index in [2.05, 4.69) is 34.7 Å². The Hall–Kier alpha value is -1.06. The van der Waals surface area contributed by atoms with E-state index >= 15 is 0 Å². The van der Waals surface area contributed by atoms with Gasteiger partial charge < -0.3 is 5.32 Å². The van der Waals surface area contributed by atoms with Gasteiger partial charge in [0.05, 0.1) is 0 Å². The van der Waals surface area contributed by atoms with E-state index in [0.29, 0.717) is 11.9 Å². The molecule has 0 unspecified atom stereocenters. The number of hydrogen-bond acceptors (Lipinski definition) is 3. The Morgan fingerprint density at radius 1 is 1.60 bits per heavy atom. The van der Waals surface area contributed by atoms with Gasteiger partial charge >= 0.3 is 0 Å². The molecule has 1 rings (SSSR count). The summed E-state index contributed by atoms with van der Waals surface area (Å²) in [6.07, 6.45) is 1.43. The first-order valence-electron chi connectivity index (χ1n) is 3.33. The average Bonchev–Trinajstić information content (AvgIpc) is 2.34. The topological polar surface area (TPSA) is 50.9 Å². The molecule has 1 N–H and O–H groups in total. The highest BCUT2D eigenvalue weighted by molar-refractivity contribution is 5.92. The van der Waals surface area contributed by atoms with Crippen molar-refractivity contribution in [3.63, 3.8) is 0 Å². The molecule has 4 heteroatoms. The molecule has 4 nitrogen and oxygen atoms in total. The van der Waals surface area contributed by atoms with Crippen LogP contribution in [0, 0.1) is 5.92 Å². The zero-order chi connectivity index (χ0) is 7.40. The first kappa shape index (κ1) is 7.05. The molecular formula is C6H11N4. The maximum Gasteiger partial charge on any atom is 0.244 e. The normalized spacial score (nSPS) is 15.3. The molecule has 0 atom stereocenters. The zero-order valence-corrected chi connectivity index (χ0v) is 6.20. The molecule has 0 spiro atoms. The van der Waals surface area contributed by atoms with Gasteiger partial charge in [0.25, 0.3) is 0 Å². The minimum Gasteiger partial charge on any atom is -0.353 e. The van der Waals surface area contributed by atoms with Crippen LogP contribution in [0.25, 0.3) is 0 Å². The zero-order valence-electron chi connectivity index (χ0n) is 6.20. The Labute approximate surface area is 60.4 Å². The van der Waals surface area contributed by atoms with Crippen LogP contribution in [-0.2, 0) is 0 Å². The number of hydrogen-bond donors (Lipinski definition) is 1. The highest BCUT2D eigenvalue weighted by atomic mass is 15.4. The van der Waals surface area contributed by atoms with Gasteiger partial charge in [-0.1, -0.05) is 13.8 Å². The molecule has 55 valence electrons. The van der Waals surface area contributed by atoms with Crippen LogP contribution < -0.4 is 10.6 Å². The van der Waals surface area contributed by atoms with E-state index in [1.54, 1.807) is 0 Å². The van der Waals surface area contributed by atoms with E-state index in [-0.39, 0.29) is 0 Å². The van der Waals surface area contributed by atoms with Gasteiger partial charge in [-0.2, -0.15) is 5.32 Å². The molecule has 0 aromatic rings. The van der Waals surface area contributed by atoms with Crippen molar-refractivity contribution in [2.24, 2.45) is 16.1 Å². The smallest absolute Gasteiger partial charge is 0.244 e. The monoisotopic (exact) mass is 139 g/mol. The molecule has 1 aliphatic rings. The van der Waals surface area contributed by atoms with Crippen molar-refractivity contribution in [3.8, 4) is 0 Å². The maximum atomic E-state index is 3.85. The molecule has 1 aliphatic heterocycles. The minimum atomic E-state index is 0.610. The van der Waals surface area contributed by atoms with Gasteiger partial charge in [-0.15, -0.1) is 10.2 Å². The van der Waals surface area contributed by atoms with Crippen LogP contribution in [0.3, 0.4) is 0 Å². The third-order valence-corrected chi connectivity index (χ3v) is 1.05. The van der Waals surface area contributed by atoms with Crippen molar-refractivity contribution < 1.29 is 0 Å². The van der Waals surface area contributed by atoms with Crippen LogP contribution in [0.15, 0.2) is 10.2 Å². The van der Waals surface area contributed by atoms with Gasteiger partial charge in [-0.25, -0.2) is 0 Å². The molecule has 0 saturated heterocycles. The lowest BCUT2D eigenvalue weighted by Gasteiger charge is -2.05. The lowest BCUT2D eigenvalue weighted by molar-refractivity contribution is 0.621. The van der Waals surface area contributed by atoms with Gasteiger partial charge in [0.2, 0.25) is 5.96 Å². The third-order valence-electron chi connectivity index (χ3n) is 1.05. The first-order valence-corrected chi connectivity index (χ1v) is 3.33. The molecule has 0 aromatic heterocycles. The number of guanidine groups is 1. The molecule has 0 fully saturated rings. The summed E-state index contributed by atoms with van der Waals surface area (Å²) in [5, 5.41) is 14.2. The van der Waals surface area contributed by atoms with Crippen molar-refractivity contribution in [1.29, 1.82) is 0 Å². The average molecular weight is 139 g/mol.